The Bertz CT molecular complexity index is 1020. The molecular formula is C24H27N5OS. The summed E-state index contributed by atoms with van der Waals surface area (Å²) in [6.45, 7) is 4.82. The lowest BCUT2D eigenvalue weighted by molar-refractivity contribution is 0.162. The van der Waals surface area contributed by atoms with Crippen LogP contribution in [0.1, 0.15) is 43.4 Å². The number of hydrogen-bond acceptors (Lipinski definition) is 5. The number of hydrogen-bond donors (Lipinski definition) is 1. The molecule has 31 heavy (non-hydrogen) atoms. The van der Waals surface area contributed by atoms with Gasteiger partial charge in [-0.25, -0.2) is 4.98 Å². The number of anilines is 2. The molecule has 5 rings (SSSR count). The van der Waals surface area contributed by atoms with Crippen molar-refractivity contribution in [1.82, 2.24) is 10.3 Å². The Morgan fingerprint density at radius 2 is 1.94 bits per heavy atom. The maximum absolute atomic E-state index is 9.20. The van der Waals surface area contributed by atoms with Crippen LogP contribution < -0.4 is 19.9 Å². The summed E-state index contributed by atoms with van der Waals surface area (Å²) in [4.78, 5) is 8.83. The molecule has 1 saturated carbocycles. The number of pyridine rings is 1. The summed E-state index contributed by atoms with van der Waals surface area (Å²) in [5.41, 5.74) is 3.46. The number of ether oxygens (including phenoxy) is 1. The summed E-state index contributed by atoms with van der Waals surface area (Å²) >= 11 is 5.96. The highest BCUT2D eigenvalue weighted by molar-refractivity contribution is 7.80. The first kappa shape index (κ1) is 20.2. The fourth-order valence-corrected chi connectivity index (χ4v) is 5.38. The van der Waals surface area contributed by atoms with Crippen LogP contribution in [0.2, 0.25) is 0 Å². The molecule has 1 spiro atoms. The van der Waals surface area contributed by atoms with Gasteiger partial charge in [0.25, 0.3) is 0 Å². The highest BCUT2D eigenvalue weighted by Crippen LogP contribution is 2.47. The molecule has 1 aliphatic carbocycles. The van der Waals surface area contributed by atoms with E-state index in [1.165, 1.54) is 6.42 Å². The van der Waals surface area contributed by atoms with Crippen LogP contribution in [0.4, 0.5) is 11.4 Å². The first-order valence-electron chi connectivity index (χ1n) is 11.1. The lowest BCUT2D eigenvalue weighted by Crippen LogP contribution is -2.52. The van der Waals surface area contributed by atoms with E-state index in [9.17, 15) is 5.26 Å². The Balaban J connectivity index is 1.38. The number of thiocarbonyl (C=S) groups is 1. The molecule has 0 radical (unpaired) electrons. The van der Waals surface area contributed by atoms with Crippen molar-refractivity contribution in [1.29, 1.82) is 5.26 Å². The van der Waals surface area contributed by atoms with Gasteiger partial charge in [-0.1, -0.05) is 0 Å². The van der Waals surface area contributed by atoms with Crippen LogP contribution in [0.3, 0.4) is 0 Å². The number of nitrogens with one attached hydrogen (secondary N) is 1. The number of piperidine rings is 1. The molecule has 2 aromatic rings. The van der Waals surface area contributed by atoms with E-state index in [2.05, 4.69) is 50.4 Å². The van der Waals surface area contributed by atoms with Crippen molar-refractivity contribution in [3.63, 3.8) is 0 Å². The van der Waals surface area contributed by atoms with E-state index in [0.29, 0.717) is 11.8 Å². The second-order valence-electron chi connectivity index (χ2n) is 8.81. The largest absolute Gasteiger partial charge is 0.490 e. The standard InChI is InChI=1S/C24H27N5OS/c1-17-13-19(15-27-22(17)14-25)28-16-24(9-2-10-24)29(23(28)31)18-3-5-20(6-4-18)30-21-7-11-26-12-8-21/h3-6,13,15,21,26H,2,7-12,16H2,1H3. The van der Waals surface area contributed by atoms with Crippen molar-refractivity contribution >= 4 is 28.7 Å². The molecule has 0 bridgehead atoms. The SMILES string of the molecule is Cc1cc(N2CC3(CCC3)N(c3ccc(OC4CCNCC4)cc3)C2=S)cnc1C#N. The monoisotopic (exact) mass is 433 g/mol. The molecule has 0 unspecified atom stereocenters. The fourth-order valence-electron chi connectivity index (χ4n) is 4.91. The average Bonchev–Trinajstić information content (AvgIpc) is 3.09. The van der Waals surface area contributed by atoms with E-state index < -0.39 is 0 Å². The van der Waals surface area contributed by atoms with E-state index in [4.69, 9.17) is 17.0 Å². The van der Waals surface area contributed by atoms with Gasteiger partial charge in [0.15, 0.2) is 5.11 Å². The van der Waals surface area contributed by atoms with Gasteiger partial charge in [-0.05, 0) is 100 Å². The van der Waals surface area contributed by atoms with Crippen LogP contribution in [-0.2, 0) is 0 Å². The van der Waals surface area contributed by atoms with Gasteiger partial charge < -0.3 is 19.9 Å². The van der Waals surface area contributed by atoms with E-state index in [-0.39, 0.29) is 5.54 Å². The molecule has 0 atom stereocenters. The van der Waals surface area contributed by atoms with Gasteiger partial charge in [-0.3, -0.25) is 0 Å². The van der Waals surface area contributed by atoms with Gasteiger partial charge in [0, 0.05) is 12.2 Å². The first-order valence-corrected chi connectivity index (χ1v) is 11.5. The molecule has 1 N–H and O–H groups in total. The summed E-state index contributed by atoms with van der Waals surface area (Å²) < 4.78 is 6.18. The van der Waals surface area contributed by atoms with Crippen molar-refractivity contribution in [2.45, 2.75) is 50.7 Å². The number of rotatable bonds is 4. The smallest absolute Gasteiger partial charge is 0.181 e. The second-order valence-corrected chi connectivity index (χ2v) is 9.18. The molecule has 3 aliphatic rings. The Kier molecular flexibility index (Phi) is 5.28. The summed E-state index contributed by atoms with van der Waals surface area (Å²) in [5, 5.41) is 13.4. The van der Waals surface area contributed by atoms with Crippen molar-refractivity contribution in [3.8, 4) is 11.8 Å². The van der Waals surface area contributed by atoms with Crippen LogP contribution in [0.5, 0.6) is 5.75 Å². The van der Waals surface area contributed by atoms with E-state index in [1.807, 2.05) is 13.0 Å². The minimum atomic E-state index is 0.0380. The Hall–Kier alpha value is -2.69. The molecule has 1 aromatic heterocycles. The van der Waals surface area contributed by atoms with Gasteiger partial charge in [-0.15, -0.1) is 0 Å². The minimum absolute atomic E-state index is 0.0380. The predicted molar refractivity (Wildman–Crippen MR) is 126 cm³/mol. The molecule has 3 fully saturated rings. The van der Waals surface area contributed by atoms with Crippen LogP contribution in [0.15, 0.2) is 36.5 Å². The van der Waals surface area contributed by atoms with E-state index in [1.54, 1.807) is 6.20 Å². The summed E-state index contributed by atoms with van der Waals surface area (Å²) in [7, 11) is 0. The number of aromatic nitrogens is 1. The lowest BCUT2D eigenvalue weighted by atomic mass is 9.76. The van der Waals surface area contributed by atoms with Crippen molar-refractivity contribution < 1.29 is 4.74 Å². The minimum Gasteiger partial charge on any atom is -0.490 e. The quantitative estimate of drug-likeness (QED) is 0.733. The van der Waals surface area contributed by atoms with E-state index >= 15 is 0 Å². The fraction of sp³-hybridized carbons (Fsp3) is 0.458. The first-order chi connectivity index (χ1) is 15.1. The maximum Gasteiger partial charge on any atom is 0.181 e. The molecule has 3 heterocycles. The molecule has 0 amide bonds. The van der Waals surface area contributed by atoms with Crippen LogP contribution in [0, 0.1) is 18.3 Å². The predicted octanol–water partition coefficient (Wildman–Crippen LogP) is 3.93. The molecular weight excluding hydrogens is 406 g/mol. The zero-order valence-electron chi connectivity index (χ0n) is 17.8. The molecule has 2 aliphatic heterocycles. The van der Waals surface area contributed by atoms with Gasteiger partial charge in [0.05, 0.1) is 17.4 Å². The average molecular weight is 434 g/mol. The Labute approximate surface area is 188 Å². The lowest BCUT2D eigenvalue weighted by Gasteiger charge is -2.45. The van der Waals surface area contributed by atoms with E-state index in [0.717, 1.165) is 73.1 Å². The third-order valence-electron chi connectivity index (χ3n) is 6.80. The van der Waals surface area contributed by atoms with Crippen LogP contribution in [0.25, 0.3) is 0 Å². The third-order valence-corrected chi connectivity index (χ3v) is 7.20. The number of aryl methyl sites for hydroxylation is 1. The molecule has 1 aromatic carbocycles. The summed E-state index contributed by atoms with van der Waals surface area (Å²) in [6.07, 6.45) is 7.63. The summed E-state index contributed by atoms with van der Waals surface area (Å²) in [6, 6.07) is 12.6. The Morgan fingerprint density at radius 3 is 2.55 bits per heavy atom. The highest BCUT2D eigenvalue weighted by Gasteiger charge is 2.52. The third kappa shape index (κ3) is 3.64. The molecule has 160 valence electrons. The second kappa shape index (κ2) is 8.10. The number of nitrogens with zero attached hydrogens (tertiary/aromatic N) is 4. The zero-order valence-corrected chi connectivity index (χ0v) is 18.6. The maximum atomic E-state index is 9.20. The van der Waals surface area contributed by atoms with Gasteiger partial charge in [0.1, 0.15) is 23.6 Å². The highest BCUT2D eigenvalue weighted by atomic mass is 32.1. The topological polar surface area (TPSA) is 64.4 Å². The summed E-state index contributed by atoms with van der Waals surface area (Å²) in [5.74, 6) is 0.923. The normalized spacial score (nSPS) is 20.6. The zero-order chi connectivity index (χ0) is 21.4. The molecule has 6 nitrogen and oxygen atoms in total. The van der Waals surface area contributed by atoms with Gasteiger partial charge in [0.2, 0.25) is 0 Å². The molecule has 7 heteroatoms. The number of nitriles is 1. The Morgan fingerprint density at radius 1 is 1.19 bits per heavy atom. The number of benzene rings is 1. The van der Waals surface area contributed by atoms with Crippen LogP contribution in [-0.4, -0.2) is 41.4 Å². The van der Waals surface area contributed by atoms with Crippen molar-refractivity contribution in [3.05, 3.63) is 47.8 Å². The van der Waals surface area contributed by atoms with Crippen LogP contribution >= 0.6 is 12.2 Å². The van der Waals surface area contributed by atoms with Gasteiger partial charge >= 0.3 is 0 Å². The van der Waals surface area contributed by atoms with Crippen molar-refractivity contribution in [2.75, 3.05) is 29.4 Å². The molecule has 2 saturated heterocycles. The van der Waals surface area contributed by atoms with Gasteiger partial charge in [-0.2, -0.15) is 5.26 Å². The van der Waals surface area contributed by atoms with Crippen molar-refractivity contribution in [2.24, 2.45) is 0 Å².